The Morgan fingerprint density at radius 1 is 1.71 bits per heavy atom. The molecule has 0 saturated carbocycles. The van der Waals surface area contributed by atoms with Gasteiger partial charge < -0.3 is 9.67 Å². The van der Waals surface area contributed by atoms with Gasteiger partial charge >= 0.3 is 5.97 Å². The number of aliphatic carboxylic acids is 1. The smallest absolute Gasteiger partial charge is 0.313 e. The number of aromatic nitrogens is 2. The fraction of sp³-hybridized carbons (Fsp3) is 0.556. The minimum atomic E-state index is -0.811. The second-order valence-corrected chi connectivity index (χ2v) is 4.38. The predicted octanol–water partition coefficient (Wildman–Crippen LogP) is 1.72. The second kappa shape index (κ2) is 5.05. The van der Waals surface area contributed by atoms with Gasteiger partial charge in [-0.05, 0) is 5.92 Å². The lowest BCUT2D eigenvalue weighted by atomic mass is 10.2. The molecular weight excluding hydrogens is 200 g/mol. The molecule has 1 heterocycles. The van der Waals surface area contributed by atoms with Crippen LogP contribution in [0, 0.1) is 5.92 Å². The molecule has 1 aromatic heterocycles. The number of nitrogens with zero attached hydrogens (tertiary/aromatic N) is 2. The maximum atomic E-state index is 10.4. The van der Waals surface area contributed by atoms with Crippen LogP contribution in [0.2, 0.25) is 0 Å². The summed E-state index contributed by atoms with van der Waals surface area (Å²) in [6, 6.07) is 0. The molecule has 0 amide bonds. The van der Waals surface area contributed by atoms with Crippen molar-refractivity contribution in [3.8, 4) is 0 Å². The van der Waals surface area contributed by atoms with Crippen LogP contribution in [0.4, 0.5) is 0 Å². The lowest BCUT2D eigenvalue weighted by Crippen LogP contribution is -2.06. The van der Waals surface area contributed by atoms with Crippen LogP contribution in [-0.2, 0) is 11.3 Å². The number of carbonyl (C=O) groups is 1. The number of rotatable bonds is 5. The van der Waals surface area contributed by atoms with Crippen LogP contribution in [0.5, 0.6) is 0 Å². The molecule has 0 radical (unpaired) electrons. The molecule has 1 rings (SSSR count). The van der Waals surface area contributed by atoms with Gasteiger partial charge in [0.25, 0.3) is 0 Å². The Bertz CT molecular complexity index is 310. The lowest BCUT2D eigenvalue weighted by molar-refractivity contribution is -0.133. The number of carboxylic acids is 1. The molecule has 78 valence electrons. The number of hydrogen-bond acceptors (Lipinski definition) is 3. The zero-order valence-corrected chi connectivity index (χ0v) is 9.12. The molecule has 0 aliphatic heterocycles. The summed E-state index contributed by atoms with van der Waals surface area (Å²) >= 11 is 1.26. The van der Waals surface area contributed by atoms with Gasteiger partial charge in [-0.1, -0.05) is 25.6 Å². The van der Waals surface area contributed by atoms with Gasteiger partial charge in [-0.2, -0.15) is 0 Å². The molecule has 0 aliphatic rings. The first-order valence-corrected chi connectivity index (χ1v) is 5.44. The molecule has 1 N–H and O–H groups in total. The van der Waals surface area contributed by atoms with E-state index in [1.54, 1.807) is 6.20 Å². The van der Waals surface area contributed by atoms with Crippen molar-refractivity contribution in [1.29, 1.82) is 0 Å². The van der Waals surface area contributed by atoms with Crippen molar-refractivity contribution >= 4 is 17.7 Å². The molecular formula is C9H14N2O2S. The topological polar surface area (TPSA) is 55.1 Å². The van der Waals surface area contributed by atoms with E-state index in [-0.39, 0.29) is 5.75 Å². The third-order valence-electron chi connectivity index (χ3n) is 1.56. The molecule has 0 spiro atoms. The summed E-state index contributed by atoms with van der Waals surface area (Å²) in [7, 11) is 0. The normalized spacial score (nSPS) is 10.8. The molecule has 0 fully saturated rings. The van der Waals surface area contributed by atoms with Crippen LogP contribution >= 0.6 is 11.8 Å². The predicted molar refractivity (Wildman–Crippen MR) is 55.4 cm³/mol. The highest BCUT2D eigenvalue weighted by Crippen LogP contribution is 2.16. The molecule has 0 aliphatic carbocycles. The quantitative estimate of drug-likeness (QED) is 0.758. The van der Waals surface area contributed by atoms with Crippen molar-refractivity contribution in [1.82, 2.24) is 9.55 Å². The lowest BCUT2D eigenvalue weighted by Gasteiger charge is -2.08. The fourth-order valence-corrected chi connectivity index (χ4v) is 1.78. The largest absolute Gasteiger partial charge is 0.481 e. The summed E-state index contributed by atoms with van der Waals surface area (Å²) < 4.78 is 1.98. The van der Waals surface area contributed by atoms with E-state index in [2.05, 4.69) is 18.8 Å². The van der Waals surface area contributed by atoms with E-state index in [0.717, 1.165) is 11.7 Å². The second-order valence-electron chi connectivity index (χ2n) is 3.44. The van der Waals surface area contributed by atoms with Gasteiger partial charge in [0.2, 0.25) is 0 Å². The zero-order valence-electron chi connectivity index (χ0n) is 8.30. The highest BCUT2D eigenvalue weighted by Gasteiger charge is 2.07. The fourth-order valence-electron chi connectivity index (χ4n) is 1.09. The van der Waals surface area contributed by atoms with Crippen molar-refractivity contribution in [2.75, 3.05) is 5.75 Å². The van der Waals surface area contributed by atoms with E-state index in [9.17, 15) is 4.79 Å². The van der Waals surface area contributed by atoms with E-state index in [0.29, 0.717) is 5.92 Å². The third-order valence-corrected chi connectivity index (χ3v) is 2.55. The Morgan fingerprint density at radius 2 is 2.43 bits per heavy atom. The SMILES string of the molecule is CC(C)Cn1ccnc1SCC(=O)O. The number of imidazole rings is 1. The van der Waals surface area contributed by atoms with Crippen LogP contribution in [0.25, 0.3) is 0 Å². The molecule has 0 saturated heterocycles. The molecule has 0 aromatic carbocycles. The number of hydrogen-bond donors (Lipinski definition) is 1. The van der Waals surface area contributed by atoms with Crippen molar-refractivity contribution in [2.24, 2.45) is 5.92 Å². The van der Waals surface area contributed by atoms with Crippen molar-refractivity contribution in [2.45, 2.75) is 25.5 Å². The molecule has 4 nitrogen and oxygen atoms in total. The van der Waals surface area contributed by atoms with Gasteiger partial charge in [0.15, 0.2) is 5.16 Å². The van der Waals surface area contributed by atoms with Crippen LogP contribution in [0.15, 0.2) is 17.6 Å². The van der Waals surface area contributed by atoms with E-state index < -0.39 is 5.97 Å². The highest BCUT2D eigenvalue weighted by molar-refractivity contribution is 7.99. The van der Waals surface area contributed by atoms with E-state index in [4.69, 9.17) is 5.11 Å². The third kappa shape index (κ3) is 3.41. The number of thioether (sulfide) groups is 1. The average Bonchev–Trinajstić information content (AvgIpc) is 2.47. The van der Waals surface area contributed by atoms with Gasteiger partial charge in [-0.3, -0.25) is 4.79 Å². The van der Waals surface area contributed by atoms with Crippen LogP contribution in [0.1, 0.15) is 13.8 Å². The summed E-state index contributed by atoms with van der Waals surface area (Å²) in [5.74, 6) is -0.211. The first kappa shape index (κ1) is 11.1. The van der Waals surface area contributed by atoms with Gasteiger partial charge in [0, 0.05) is 18.9 Å². The molecule has 0 unspecified atom stereocenters. The van der Waals surface area contributed by atoms with Crippen molar-refractivity contribution < 1.29 is 9.90 Å². The van der Waals surface area contributed by atoms with Gasteiger partial charge in [0.05, 0.1) is 5.75 Å². The van der Waals surface area contributed by atoms with Crippen molar-refractivity contribution in [3.05, 3.63) is 12.4 Å². The van der Waals surface area contributed by atoms with Gasteiger partial charge in [-0.15, -0.1) is 0 Å². The van der Waals surface area contributed by atoms with Crippen LogP contribution in [0.3, 0.4) is 0 Å². The van der Waals surface area contributed by atoms with E-state index >= 15 is 0 Å². The van der Waals surface area contributed by atoms with Crippen molar-refractivity contribution in [3.63, 3.8) is 0 Å². The van der Waals surface area contributed by atoms with E-state index in [1.165, 1.54) is 11.8 Å². The standard InChI is InChI=1S/C9H14N2O2S/c1-7(2)5-11-4-3-10-9(11)14-6-8(12)13/h3-4,7H,5-6H2,1-2H3,(H,12,13). The molecule has 5 heteroatoms. The minimum Gasteiger partial charge on any atom is -0.481 e. The summed E-state index contributed by atoms with van der Waals surface area (Å²) in [5, 5.41) is 9.31. The Hall–Kier alpha value is -0.970. The molecule has 1 aromatic rings. The Labute approximate surface area is 87.3 Å². The van der Waals surface area contributed by atoms with Crippen LogP contribution in [-0.4, -0.2) is 26.4 Å². The molecule has 0 atom stereocenters. The zero-order chi connectivity index (χ0) is 10.6. The van der Waals surface area contributed by atoms with E-state index in [1.807, 2.05) is 10.8 Å². The maximum Gasteiger partial charge on any atom is 0.313 e. The highest BCUT2D eigenvalue weighted by atomic mass is 32.2. The van der Waals surface area contributed by atoms with Gasteiger partial charge in [0.1, 0.15) is 0 Å². The van der Waals surface area contributed by atoms with Gasteiger partial charge in [-0.25, -0.2) is 4.98 Å². The monoisotopic (exact) mass is 214 g/mol. The maximum absolute atomic E-state index is 10.4. The Balaban J connectivity index is 2.58. The Morgan fingerprint density at radius 3 is 3.00 bits per heavy atom. The Kier molecular flexibility index (Phi) is 4.00. The summed E-state index contributed by atoms with van der Waals surface area (Å²) in [4.78, 5) is 14.5. The summed E-state index contributed by atoms with van der Waals surface area (Å²) in [6.45, 7) is 5.11. The first-order valence-electron chi connectivity index (χ1n) is 4.45. The summed E-state index contributed by atoms with van der Waals surface area (Å²) in [6.07, 6.45) is 3.58. The minimum absolute atomic E-state index is 0.0646. The summed E-state index contributed by atoms with van der Waals surface area (Å²) in [5.41, 5.74) is 0. The molecule has 0 bridgehead atoms. The number of carboxylic acid groups (broad SMARTS) is 1. The average molecular weight is 214 g/mol. The first-order chi connectivity index (χ1) is 6.59. The van der Waals surface area contributed by atoms with Crippen LogP contribution < -0.4 is 0 Å². The molecule has 14 heavy (non-hydrogen) atoms.